The third kappa shape index (κ3) is 4.95. The van der Waals surface area contributed by atoms with Crippen LogP contribution >= 0.6 is 12.6 Å². The quantitative estimate of drug-likeness (QED) is 0.351. The monoisotopic (exact) mass is 389 g/mol. The summed E-state index contributed by atoms with van der Waals surface area (Å²) < 4.78 is 10.3. The van der Waals surface area contributed by atoms with Crippen LogP contribution < -0.4 is 0 Å². The van der Waals surface area contributed by atoms with Crippen molar-refractivity contribution in [2.24, 2.45) is 0 Å². The summed E-state index contributed by atoms with van der Waals surface area (Å²) in [6.07, 6.45) is 4.74. The summed E-state index contributed by atoms with van der Waals surface area (Å²) >= 11 is 4.49. The van der Waals surface area contributed by atoms with Crippen LogP contribution in [0.25, 0.3) is 6.08 Å². The first-order valence-electron chi connectivity index (χ1n) is 8.36. The molecule has 0 unspecified atom stereocenters. The van der Waals surface area contributed by atoms with Gasteiger partial charge in [-0.1, -0.05) is 11.2 Å². The second-order valence-corrected chi connectivity index (χ2v) is 7.10. The first-order valence-corrected chi connectivity index (χ1v) is 8.87. The van der Waals surface area contributed by atoms with Gasteiger partial charge in [0.15, 0.2) is 11.5 Å². The number of non-ortho nitro benzene ring substituents is 1. The van der Waals surface area contributed by atoms with Gasteiger partial charge in [-0.05, 0) is 37.2 Å². The van der Waals surface area contributed by atoms with Gasteiger partial charge in [0.05, 0.1) is 4.92 Å². The topological polar surface area (TPSA) is 98.7 Å². The van der Waals surface area contributed by atoms with Gasteiger partial charge in [0.25, 0.3) is 5.69 Å². The highest BCUT2D eigenvalue weighted by Gasteiger charge is 2.25. The molecule has 1 saturated heterocycles. The van der Waals surface area contributed by atoms with Gasteiger partial charge in [0.2, 0.25) is 0 Å². The van der Waals surface area contributed by atoms with E-state index in [9.17, 15) is 14.9 Å². The maximum absolute atomic E-state index is 12.1. The largest absolute Gasteiger partial charge is 0.456 e. The highest BCUT2D eigenvalue weighted by Crippen LogP contribution is 2.22. The number of rotatable bonds is 6. The Labute approximate surface area is 161 Å². The van der Waals surface area contributed by atoms with E-state index in [1.54, 1.807) is 6.08 Å². The lowest BCUT2D eigenvalue weighted by Gasteiger charge is -2.14. The van der Waals surface area contributed by atoms with Crippen LogP contribution in [-0.2, 0) is 11.3 Å². The average molecular weight is 389 g/mol. The number of ether oxygens (including phenoxy) is 1. The zero-order valence-electron chi connectivity index (χ0n) is 14.6. The van der Waals surface area contributed by atoms with Gasteiger partial charge in [0.1, 0.15) is 6.61 Å². The van der Waals surface area contributed by atoms with Crippen molar-refractivity contribution in [3.05, 3.63) is 63.5 Å². The molecular weight excluding hydrogens is 370 g/mol. The van der Waals surface area contributed by atoms with Crippen molar-refractivity contribution in [1.29, 1.82) is 0 Å². The molecule has 1 fully saturated rings. The fourth-order valence-electron chi connectivity index (χ4n) is 2.83. The first kappa shape index (κ1) is 19.1. The van der Waals surface area contributed by atoms with E-state index in [1.165, 1.54) is 30.3 Å². The summed E-state index contributed by atoms with van der Waals surface area (Å²) in [5.41, 5.74) is 0.696. The summed E-state index contributed by atoms with van der Waals surface area (Å²) in [5, 5.41) is 14.7. The predicted octanol–water partition coefficient (Wildman–Crippen LogP) is 2.96. The molecule has 142 valence electrons. The van der Waals surface area contributed by atoms with E-state index in [2.05, 4.69) is 22.7 Å². The number of nitrogens with zero attached hydrogens (tertiary/aromatic N) is 3. The lowest BCUT2D eigenvalue weighted by molar-refractivity contribution is -0.384. The Bertz CT molecular complexity index is 849. The minimum Gasteiger partial charge on any atom is -0.456 e. The minimum absolute atomic E-state index is 0.00887. The van der Waals surface area contributed by atoms with E-state index in [0.29, 0.717) is 16.6 Å². The summed E-state index contributed by atoms with van der Waals surface area (Å²) in [6.45, 7) is 0.916. The van der Waals surface area contributed by atoms with Crippen LogP contribution in [0.2, 0.25) is 0 Å². The van der Waals surface area contributed by atoms with Crippen LogP contribution in [0.15, 0.2) is 40.9 Å². The van der Waals surface area contributed by atoms with Gasteiger partial charge >= 0.3 is 5.97 Å². The molecule has 0 radical (unpaired) electrons. The molecule has 0 bridgehead atoms. The third-order valence-corrected chi connectivity index (χ3v) is 4.69. The molecule has 8 nitrogen and oxygen atoms in total. The fraction of sp³-hybridized carbons (Fsp3) is 0.333. The SMILES string of the molecule is CN1C[C@@H](S)C[C@H]1/C=C/c1cc(C(=O)OCc2ccc([N+](=O)[O-])cc2)no1. The number of aromatic nitrogens is 1. The van der Waals surface area contributed by atoms with Crippen molar-refractivity contribution in [2.75, 3.05) is 13.6 Å². The number of carbonyl (C=O) groups is 1. The molecule has 1 aromatic heterocycles. The Balaban J connectivity index is 1.54. The number of nitro groups is 1. The number of hydrogen-bond donors (Lipinski definition) is 1. The van der Waals surface area contributed by atoms with Crippen molar-refractivity contribution in [1.82, 2.24) is 10.1 Å². The van der Waals surface area contributed by atoms with Crippen molar-refractivity contribution in [3.63, 3.8) is 0 Å². The summed E-state index contributed by atoms with van der Waals surface area (Å²) in [4.78, 5) is 24.4. The number of benzene rings is 1. The molecule has 0 spiro atoms. The van der Waals surface area contributed by atoms with Crippen LogP contribution in [0.4, 0.5) is 5.69 Å². The maximum atomic E-state index is 12.1. The van der Waals surface area contributed by atoms with Gasteiger partial charge in [0, 0.05) is 36.0 Å². The van der Waals surface area contributed by atoms with Crippen molar-refractivity contribution < 1.29 is 19.0 Å². The molecule has 0 N–H and O–H groups in total. The molecule has 3 rings (SSSR count). The zero-order chi connectivity index (χ0) is 19.4. The molecule has 2 atom stereocenters. The second kappa shape index (κ2) is 8.36. The Morgan fingerprint density at radius 3 is 2.85 bits per heavy atom. The highest BCUT2D eigenvalue weighted by molar-refractivity contribution is 7.81. The fourth-order valence-corrected chi connectivity index (χ4v) is 3.31. The van der Waals surface area contributed by atoms with Crippen LogP contribution in [-0.4, -0.2) is 45.8 Å². The minimum atomic E-state index is -0.620. The lowest BCUT2D eigenvalue weighted by Crippen LogP contribution is -2.22. The molecule has 27 heavy (non-hydrogen) atoms. The summed E-state index contributed by atoms with van der Waals surface area (Å²) in [7, 11) is 2.03. The third-order valence-electron chi connectivity index (χ3n) is 4.32. The molecular formula is C18H19N3O5S. The second-order valence-electron chi connectivity index (χ2n) is 6.37. The predicted molar refractivity (Wildman–Crippen MR) is 102 cm³/mol. The number of esters is 1. The van der Waals surface area contributed by atoms with E-state index in [1.807, 2.05) is 13.1 Å². The van der Waals surface area contributed by atoms with Gasteiger partial charge in [-0.3, -0.25) is 15.0 Å². The number of likely N-dealkylation sites (N-methyl/N-ethyl adjacent to an activating group) is 1. The normalized spacial score (nSPS) is 20.2. The molecule has 0 aliphatic carbocycles. The van der Waals surface area contributed by atoms with Crippen molar-refractivity contribution in [3.8, 4) is 0 Å². The Kier molecular flexibility index (Phi) is 5.92. The van der Waals surface area contributed by atoms with E-state index >= 15 is 0 Å². The zero-order valence-corrected chi connectivity index (χ0v) is 15.5. The van der Waals surface area contributed by atoms with Crippen molar-refractivity contribution in [2.45, 2.75) is 24.3 Å². The molecule has 2 aromatic rings. The van der Waals surface area contributed by atoms with Crippen LogP contribution in [0.1, 0.15) is 28.2 Å². The Morgan fingerprint density at radius 2 is 2.22 bits per heavy atom. The lowest BCUT2D eigenvalue weighted by atomic mass is 10.2. The maximum Gasteiger partial charge on any atom is 0.360 e. The van der Waals surface area contributed by atoms with Gasteiger partial charge < -0.3 is 9.26 Å². The number of hydrogen-bond acceptors (Lipinski definition) is 8. The van der Waals surface area contributed by atoms with E-state index in [0.717, 1.165) is 13.0 Å². The number of carbonyl (C=O) groups excluding carboxylic acids is 1. The highest BCUT2D eigenvalue weighted by atomic mass is 32.1. The molecule has 1 aliphatic heterocycles. The smallest absolute Gasteiger partial charge is 0.360 e. The summed E-state index contributed by atoms with van der Waals surface area (Å²) in [5.74, 6) is -0.154. The standard InChI is InChI=1S/C18H19N3O5S/c1-20-10-16(27)8-14(20)6-7-15-9-17(19-26-15)18(22)25-11-12-2-4-13(5-3-12)21(23)24/h2-7,9,14,16,27H,8,10-11H2,1H3/b7-6+/t14-,16+/m1/s1. The van der Waals surface area contributed by atoms with Crippen LogP contribution in [0, 0.1) is 10.1 Å². The molecule has 1 aromatic carbocycles. The molecule has 9 heteroatoms. The number of likely N-dealkylation sites (tertiary alicyclic amines) is 1. The first-order chi connectivity index (χ1) is 12.9. The molecule has 1 aliphatic rings. The van der Waals surface area contributed by atoms with Crippen LogP contribution in [0.3, 0.4) is 0 Å². The molecule has 0 saturated carbocycles. The van der Waals surface area contributed by atoms with Gasteiger partial charge in [-0.15, -0.1) is 0 Å². The average Bonchev–Trinajstić information content (AvgIpc) is 3.24. The molecule has 2 heterocycles. The molecule has 0 amide bonds. The summed E-state index contributed by atoms with van der Waals surface area (Å²) in [6, 6.07) is 7.58. The van der Waals surface area contributed by atoms with E-state index < -0.39 is 10.9 Å². The van der Waals surface area contributed by atoms with E-state index in [4.69, 9.17) is 9.26 Å². The van der Waals surface area contributed by atoms with E-state index in [-0.39, 0.29) is 24.0 Å². The number of thiol groups is 1. The van der Waals surface area contributed by atoms with Crippen molar-refractivity contribution >= 4 is 30.4 Å². The number of nitro benzene ring substituents is 1. The Hall–Kier alpha value is -2.65. The van der Waals surface area contributed by atoms with Crippen LogP contribution in [0.5, 0.6) is 0 Å². The van der Waals surface area contributed by atoms with Gasteiger partial charge in [-0.25, -0.2) is 4.79 Å². The van der Waals surface area contributed by atoms with Gasteiger partial charge in [-0.2, -0.15) is 12.6 Å². The Morgan fingerprint density at radius 1 is 1.48 bits per heavy atom.